The molecule has 1 rings (SSSR count). The lowest BCUT2D eigenvalue weighted by atomic mass is 10.2. The minimum absolute atomic E-state index is 0.0136. The van der Waals surface area contributed by atoms with E-state index in [-0.39, 0.29) is 6.61 Å². The molecule has 1 heterocycles. The summed E-state index contributed by atoms with van der Waals surface area (Å²) in [5.74, 6) is -2.05. The van der Waals surface area contributed by atoms with Crippen LogP contribution >= 0.6 is 0 Å². The summed E-state index contributed by atoms with van der Waals surface area (Å²) >= 11 is 0. The maximum Gasteiger partial charge on any atom is 0.357 e. The van der Waals surface area contributed by atoms with Gasteiger partial charge < -0.3 is 4.74 Å². The van der Waals surface area contributed by atoms with Crippen molar-refractivity contribution in [1.29, 1.82) is 0 Å². The van der Waals surface area contributed by atoms with Gasteiger partial charge in [-0.25, -0.2) is 18.6 Å². The Hall–Kier alpha value is -1.59. The van der Waals surface area contributed by atoms with Gasteiger partial charge in [0.2, 0.25) is 5.95 Å². The first-order valence-electron chi connectivity index (χ1n) is 4.18. The molecule has 0 radical (unpaired) electrons. The molecular formula is C9H8F3NO2. The summed E-state index contributed by atoms with van der Waals surface area (Å²) in [7, 11) is 0. The quantitative estimate of drug-likeness (QED) is 0.578. The molecule has 1 aromatic rings. The van der Waals surface area contributed by atoms with Crippen LogP contribution in [0.4, 0.5) is 13.2 Å². The van der Waals surface area contributed by atoms with Crippen molar-refractivity contribution in [2.45, 2.75) is 13.3 Å². The fourth-order valence-corrected chi connectivity index (χ4v) is 0.985. The van der Waals surface area contributed by atoms with Gasteiger partial charge in [0.1, 0.15) is 0 Å². The van der Waals surface area contributed by atoms with Crippen molar-refractivity contribution in [2.24, 2.45) is 0 Å². The predicted molar refractivity (Wildman–Crippen MR) is 45.1 cm³/mol. The Morgan fingerprint density at radius 1 is 1.53 bits per heavy atom. The molecule has 0 aromatic carbocycles. The molecule has 0 N–H and O–H groups in total. The SMILES string of the molecule is CCOC(=O)c1nc(F)ccc1C(F)F. The molecule has 15 heavy (non-hydrogen) atoms. The van der Waals surface area contributed by atoms with Gasteiger partial charge in [0.15, 0.2) is 5.69 Å². The molecule has 82 valence electrons. The van der Waals surface area contributed by atoms with Gasteiger partial charge in [0, 0.05) is 0 Å². The lowest BCUT2D eigenvalue weighted by molar-refractivity contribution is 0.0506. The summed E-state index contributed by atoms with van der Waals surface area (Å²) < 4.78 is 41.9. The van der Waals surface area contributed by atoms with Gasteiger partial charge in [-0.05, 0) is 19.1 Å². The molecule has 0 aliphatic carbocycles. The molecule has 0 atom stereocenters. The number of pyridine rings is 1. The third kappa shape index (κ3) is 2.68. The second-order valence-electron chi connectivity index (χ2n) is 2.59. The van der Waals surface area contributed by atoms with E-state index in [0.29, 0.717) is 0 Å². The number of esters is 1. The number of alkyl halides is 2. The Bertz CT molecular complexity index is 368. The molecule has 6 heteroatoms. The minimum Gasteiger partial charge on any atom is -0.461 e. The van der Waals surface area contributed by atoms with Crippen molar-refractivity contribution in [2.75, 3.05) is 6.61 Å². The Kier molecular flexibility index (Phi) is 3.65. The molecule has 0 saturated carbocycles. The molecule has 0 unspecified atom stereocenters. The summed E-state index contributed by atoms with van der Waals surface area (Å²) in [5, 5.41) is 0. The fourth-order valence-electron chi connectivity index (χ4n) is 0.985. The van der Waals surface area contributed by atoms with Gasteiger partial charge in [0.25, 0.3) is 6.43 Å². The minimum atomic E-state index is -2.89. The highest BCUT2D eigenvalue weighted by Gasteiger charge is 2.21. The number of rotatable bonds is 3. The van der Waals surface area contributed by atoms with E-state index in [1.807, 2.05) is 0 Å². The van der Waals surface area contributed by atoms with E-state index in [4.69, 9.17) is 0 Å². The van der Waals surface area contributed by atoms with E-state index in [2.05, 4.69) is 9.72 Å². The highest BCUT2D eigenvalue weighted by molar-refractivity contribution is 5.88. The van der Waals surface area contributed by atoms with Crippen LogP contribution in [-0.2, 0) is 4.74 Å². The summed E-state index contributed by atoms with van der Waals surface area (Å²) in [6, 6.07) is 1.59. The fraction of sp³-hybridized carbons (Fsp3) is 0.333. The Morgan fingerprint density at radius 2 is 2.20 bits per heavy atom. The zero-order valence-corrected chi connectivity index (χ0v) is 7.84. The first-order valence-corrected chi connectivity index (χ1v) is 4.18. The standard InChI is InChI=1S/C9H8F3NO2/c1-2-15-9(14)7-5(8(11)12)3-4-6(10)13-7/h3-4,8H,2H2,1H3. The average molecular weight is 219 g/mol. The van der Waals surface area contributed by atoms with Crippen LogP contribution in [-0.4, -0.2) is 17.6 Å². The normalized spacial score (nSPS) is 10.5. The maximum absolute atomic E-state index is 12.6. The van der Waals surface area contributed by atoms with Crippen LogP contribution in [0, 0.1) is 5.95 Å². The molecule has 0 saturated heterocycles. The van der Waals surface area contributed by atoms with Crippen LogP contribution < -0.4 is 0 Å². The van der Waals surface area contributed by atoms with E-state index in [0.717, 1.165) is 12.1 Å². The number of hydrogen-bond donors (Lipinski definition) is 0. The van der Waals surface area contributed by atoms with Gasteiger partial charge in [-0.3, -0.25) is 0 Å². The molecule has 1 aromatic heterocycles. The molecular weight excluding hydrogens is 211 g/mol. The van der Waals surface area contributed by atoms with E-state index in [1.54, 1.807) is 0 Å². The van der Waals surface area contributed by atoms with Crippen molar-refractivity contribution in [3.05, 3.63) is 29.3 Å². The van der Waals surface area contributed by atoms with Crippen molar-refractivity contribution in [1.82, 2.24) is 4.98 Å². The third-order valence-corrected chi connectivity index (χ3v) is 1.60. The summed E-state index contributed by atoms with van der Waals surface area (Å²) in [6.07, 6.45) is -2.89. The number of ether oxygens (including phenoxy) is 1. The van der Waals surface area contributed by atoms with Crippen LogP contribution in [0.1, 0.15) is 29.4 Å². The van der Waals surface area contributed by atoms with Gasteiger partial charge in [-0.1, -0.05) is 0 Å². The summed E-state index contributed by atoms with van der Waals surface area (Å²) in [6.45, 7) is 1.53. The zero-order chi connectivity index (χ0) is 11.4. The first kappa shape index (κ1) is 11.5. The Labute approximate surface area is 83.9 Å². The van der Waals surface area contributed by atoms with Crippen LogP contribution in [0.5, 0.6) is 0 Å². The van der Waals surface area contributed by atoms with Crippen molar-refractivity contribution < 1.29 is 22.7 Å². The van der Waals surface area contributed by atoms with E-state index < -0.39 is 29.6 Å². The topological polar surface area (TPSA) is 39.2 Å². The molecule has 3 nitrogen and oxygen atoms in total. The van der Waals surface area contributed by atoms with E-state index in [9.17, 15) is 18.0 Å². The predicted octanol–water partition coefficient (Wildman–Crippen LogP) is 2.33. The monoisotopic (exact) mass is 219 g/mol. The highest BCUT2D eigenvalue weighted by Crippen LogP contribution is 2.22. The highest BCUT2D eigenvalue weighted by atomic mass is 19.3. The molecule has 0 fully saturated rings. The van der Waals surface area contributed by atoms with Crippen LogP contribution in [0.15, 0.2) is 12.1 Å². The first-order chi connectivity index (χ1) is 7.06. The largest absolute Gasteiger partial charge is 0.461 e. The lowest BCUT2D eigenvalue weighted by Gasteiger charge is -2.06. The molecule has 0 aliphatic heterocycles. The van der Waals surface area contributed by atoms with Gasteiger partial charge in [-0.2, -0.15) is 4.39 Å². The summed E-state index contributed by atoms with van der Waals surface area (Å²) in [4.78, 5) is 14.2. The molecule has 0 spiro atoms. The van der Waals surface area contributed by atoms with Crippen LogP contribution in [0.2, 0.25) is 0 Å². The van der Waals surface area contributed by atoms with E-state index in [1.165, 1.54) is 6.92 Å². The molecule has 0 aliphatic rings. The second-order valence-corrected chi connectivity index (χ2v) is 2.59. The maximum atomic E-state index is 12.6. The van der Waals surface area contributed by atoms with Gasteiger partial charge in [0.05, 0.1) is 12.2 Å². The molecule has 0 bridgehead atoms. The smallest absolute Gasteiger partial charge is 0.357 e. The summed E-state index contributed by atoms with van der Waals surface area (Å²) in [5.41, 5.74) is -1.30. The number of hydrogen-bond acceptors (Lipinski definition) is 3. The number of carbonyl (C=O) groups excluding carboxylic acids is 1. The zero-order valence-electron chi connectivity index (χ0n) is 7.84. The number of aromatic nitrogens is 1. The Balaban J connectivity index is 3.12. The third-order valence-electron chi connectivity index (χ3n) is 1.60. The second kappa shape index (κ2) is 4.77. The van der Waals surface area contributed by atoms with Crippen molar-refractivity contribution in [3.8, 4) is 0 Å². The number of halogens is 3. The van der Waals surface area contributed by atoms with Crippen molar-refractivity contribution >= 4 is 5.97 Å². The Morgan fingerprint density at radius 3 is 2.73 bits per heavy atom. The number of nitrogens with zero attached hydrogens (tertiary/aromatic N) is 1. The average Bonchev–Trinajstić information content (AvgIpc) is 2.17. The van der Waals surface area contributed by atoms with Crippen LogP contribution in [0.3, 0.4) is 0 Å². The molecule has 0 amide bonds. The van der Waals surface area contributed by atoms with Crippen molar-refractivity contribution in [3.63, 3.8) is 0 Å². The van der Waals surface area contributed by atoms with E-state index >= 15 is 0 Å². The van der Waals surface area contributed by atoms with Gasteiger partial charge >= 0.3 is 5.97 Å². The number of carbonyl (C=O) groups is 1. The lowest BCUT2D eigenvalue weighted by Crippen LogP contribution is -2.12. The van der Waals surface area contributed by atoms with Gasteiger partial charge in [-0.15, -0.1) is 0 Å². The van der Waals surface area contributed by atoms with Crippen LogP contribution in [0.25, 0.3) is 0 Å².